The molecule has 1 heterocycles. The highest BCUT2D eigenvalue weighted by molar-refractivity contribution is 5.94. The van der Waals surface area contributed by atoms with Crippen molar-refractivity contribution in [3.8, 4) is 0 Å². The minimum Gasteiger partial charge on any atom is -0.478 e. The number of fused-ring (bicyclic) bond motifs is 1. The Balaban J connectivity index is 1.75. The van der Waals surface area contributed by atoms with E-state index in [0.29, 0.717) is 24.5 Å². The second kappa shape index (κ2) is 6.70. The number of carboxylic acids is 1. The van der Waals surface area contributed by atoms with Gasteiger partial charge in [0.2, 0.25) is 0 Å². The maximum atomic E-state index is 13.2. The number of alkyl halides is 3. The topological polar surface area (TPSA) is 65.1 Å². The van der Waals surface area contributed by atoms with Crippen LogP contribution in [-0.4, -0.2) is 22.6 Å². The van der Waals surface area contributed by atoms with Gasteiger partial charge in [-0.25, -0.2) is 9.18 Å². The third kappa shape index (κ3) is 3.63. The molecule has 1 aromatic heterocycles. The molecule has 0 fully saturated rings. The highest BCUT2D eigenvalue weighted by atomic mass is 19.4. The van der Waals surface area contributed by atoms with E-state index < -0.39 is 23.3 Å². The van der Waals surface area contributed by atoms with Gasteiger partial charge in [0.05, 0.1) is 11.1 Å². The van der Waals surface area contributed by atoms with E-state index in [-0.39, 0.29) is 11.5 Å². The maximum absolute atomic E-state index is 13.2. The third-order valence-corrected chi connectivity index (χ3v) is 4.02. The van der Waals surface area contributed by atoms with E-state index in [1.807, 2.05) is 0 Å². The molecule has 0 spiro atoms. The van der Waals surface area contributed by atoms with Crippen molar-refractivity contribution in [1.29, 1.82) is 0 Å². The predicted octanol–water partition coefficient (Wildman–Crippen LogP) is 4.68. The number of hydrogen-bond acceptors (Lipinski definition) is 2. The molecule has 0 atom stereocenters. The Morgan fingerprint density at radius 3 is 2.62 bits per heavy atom. The first-order valence-electron chi connectivity index (χ1n) is 7.69. The zero-order valence-corrected chi connectivity index (χ0v) is 13.3. The van der Waals surface area contributed by atoms with Crippen LogP contribution in [0.5, 0.6) is 0 Å². The number of aromatic amines is 1. The number of benzene rings is 2. The van der Waals surface area contributed by atoms with Crippen molar-refractivity contribution >= 4 is 22.6 Å². The summed E-state index contributed by atoms with van der Waals surface area (Å²) in [7, 11) is 0. The van der Waals surface area contributed by atoms with Crippen molar-refractivity contribution in [3.63, 3.8) is 0 Å². The molecule has 0 bridgehead atoms. The molecule has 2 aromatic carbocycles. The molecule has 0 aliphatic heterocycles. The lowest BCUT2D eigenvalue weighted by atomic mass is 10.1. The number of carboxylic acid groups (broad SMARTS) is 1. The largest absolute Gasteiger partial charge is 0.478 e. The fourth-order valence-corrected chi connectivity index (χ4v) is 2.75. The van der Waals surface area contributed by atoms with Gasteiger partial charge in [-0.2, -0.15) is 13.2 Å². The lowest BCUT2D eigenvalue weighted by Crippen LogP contribution is -2.12. The molecule has 0 aliphatic carbocycles. The molecular formula is C18H14F4N2O2. The number of anilines is 1. The molecule has 3 rings (SSSR count). The number of nitrogens with one attached hydrogen (secondary N) is 2. The normalized spacial score (nSPS) is 11.7. The number of hydrogen-bond donors (Lipinski definition) is 3. The summed E-state index contributed by atoms with van der Waals surface area (Å²) in [6, 6.07) is 6.90. The Labute approximate surface area is 145 Å². The van der Waals surface area contributed by atoms with Crippen LogP contribution in [-0.2, 0) is 12.6 Å². The summed E-state index contributed by atoms with van der Waals surface area (Å²) in [5.74, 6) is -1.80. The van der Waals surface area contributed by atoms with Gasteiger partial charge in [-0.15, -0.1) is 0 Å². The van der Waals surface area contributed by atoms with Gasteiger partial charge in [-0.1, -0.05) is 0 Å². The number of carbonyl (C=O) groups is 1. The Morgan fingerprint density at radius 1 is 1.15 bits per heavy atom. The number of rotatable bonds is 5. The van der Waals surface area contributed by atoms with Crippen molar-refractivity contribution in [2.45, 2.75) is 12.6 Å². The van der Waals surface area contributed by atoms with Gasteiger partial charge in [0.15, 0.2) is 0 Å². The molecule has 0 aliphatic rings. The molecule has 8 heteroatoms. The Kier molecular flexibility index (Phi) is 4.58. The smallest absolute Gasteiger partial charge is 0.416 e. The van der Waals surface area contributed by atoms with Gasteiger partial charge in [0, 0.05) is 29.3 Å². The van der Waals surface area contributed by atoms with Crippen molar-refractivity contribution in [1.82, 2.24) is 4.98 Å². The molecule has 0 radical (unpaired) electrons. The number of aromatic carboxylic acids is 1. The molecule has 4 nitrogen and oxygen atoms in total. The summed E-state index contributed by atoms with van der Waals surface area (Å²) in [4.78, 5) is 14.2. The van der Waals surface area contributed by atoms with Crippen LogP contribution in [0.2, 0.25) is 0 Å². The highest BCUT2D eigenvalue weighted by Crippen LogP contribution is 2.32. The van der Waals surface area contributed by atoms with Crippen LogP contribution in [0.4, 0.5) is 23.2 Å². The van der Waals surface area contributed by atoms with Crippen molar-refractivity contribution in [2.75, 3.05) is 11.9 Å². The number of halogens is 4. The molecule has 3 N–H and O–H groups in total. The Hall–Kier alpha value is -3.03. The SMILES string of the molecule is O=C(O)c1cc(C(F)(F)F)ccc1NCCc1c[nH]c2cc(F)ccc12. The zero-order chi connectivity index (χ0) is 18.9. The van der Waals surface area contributed by atoms with Gasteiger partial charge in [0.1, 0.15) is 5.82 Å². The van der Waals surface area contributed by atoms with Crippen molar-refractivity contribution < 1.29 is 27.5 Å². The summed E-state index contributed by atoms with van der Waals surface area (Å²) in [6.07, 6.45) is -2.41. The first-order valence-corrected chi connectivity index (χ1v) is 7.69. The van der Waals surface area contributed by atoms with Crippen LogP contribution in [0, 0.1) is 5.82 Å². The average Bonchev–Trinajstić information content (AvgIpc) is 2.96. The second-order valence-electron chi connectivity index (χ2n) is 5.74. The molecule has 26 heavy (non-hydrogen) atoms. The van der Waals surface area contributed by atoms with Crippen LogP contribution < -0.4 is 5.32 Å². The average molecular weight is 366 g/mol. The minimum atomic E-state index is -4.61. The summed E-state index contributed by atoms with van der Waals surface area (Å²) in [5, 5.41) is 12.8. The standard InChI is InChI=1S/C18H14F4N2O2/c19-12-2-3-13-10(9-24-16(13)8-12)5-6-23-15-4-1-11(18(20,21)22)7-14(15)17(25)26/h1-4,7-9,23-24H,5-6H2,(H,25,26). The molecule has 0 unspecified atom stereocenters. The summed E-state index contributed by atoms with van der Waals surface area (Å²) in [5.41, 5.74) is 0.174. The van der Waals surface area contributed by atoms with Crippen LogP contribution in [0.1, 0.15) is 21.5 Å². The van der Waals surface area contributed by atoms with Gasteiger partial charge in [0.25, 0.3) is 0 Å². The van der Waals surface area contributed by atoms with Gasteiger partial charge in [-0.05, 0) is 48.4 Å². The van der Waals surface area contributed by atoms with E-state index in [2.05, 4.69) is 10.3 Å². The van der Waals surface area contributed by atoms with Crippen LogP contribution in [0.25, 0.3) is 10.9 Å². The van der Waals surface area contributed by atoms with Crippen LogP contribution >= 0.6 is 0 Å². The maximum Gasteiger partial charge on any atom is 0.416 e. The highest BCUT2D eigenvalue weighted by Gasteiger charge is 2.31. The lowest BCUT2D eigenvalue weighted by molar-refractivity contribution is -0.137. The molecule has 0 amide bonds. The minimum absolute atomic E-state index is 0.108. The zero-order valence-electron chi connectivity index (χ0n) is 13.3. The van der Waals surface area contributed by atoms with Gasteiger partial charge in [-0.3, -0.25) is 0 Å². The fraction of sp³-hybridized carbons (Fsp3) is 0.167. The fourth-order valence-electron chi connectivity index (χ4n) is 2.75. The molecule has 0 saturated carbocycles. The van der Waals surface area contributed by atoms with E-state index in [4.69, 9.17) is 5.11 Å². The summed E-state index contributed by atoms with van der Waals surface area (Å²) in [6.45, 7) is 0.302. The van der Waals surface area contributed by atoms with Crippen LogP contribution in [0.3, 0.4) is 0 Å². The van der Waals surface area contributed by atoms with E-state index in [9.17, 15) is 22.4 Å². The second-order valence-corrected chi connectivity index (χ2v) is 5.74. The van der Waals surface area contributed by atoms with E-state index >= 15 is 0 Å². The third-order valence-electron chi connectivity index (χ3n) is 4.02. The lowest BCUT2D eigenvalue weighted by Gasteiger charge is -2.13. The first-order chi connectivity index (χ1) is 12.3. The molecule has 136 valence electrons. The van der Waals surface area contributed by atoms with E-state index in [1.54, 1.807) is 12.3 Å². The van der Waals surface area contributed by atoms with Gasteiger partial charge < -0.3 is 15.4 Å². The van der Waals surface area contributed by atoms with E-state index in [1.165, 1.54) is 12.1 Å². The first kappa shape index (κ1) is 17.8. The molecular weight excluding hydrogens is 352 g/mol. The summed E-state index contributed by atoms with van der Waals surface area (Å²) >= 11 is 0. The molecule has 0 saturated heterocycles. The Morgan fingerprint density at radius 2 is 1.92 bits per heavy atom. The Bertz CT molecular complexity index is 963. The van der Waals surface area contributed by atoms with E-state index in [0.717, 1.165) is 23.1 Å². The number of aromatic nitrogens is 1. The van der Waals surface area contributed by atoms with Gasteiger partial charge >= 0.3 is 12.1 Å². The monoisotopic (exact) mass is 366 g/mol. The quantitative estimate of drug-likeness (QED) is 0.575. The predicted molar refractivity (Wildman–Crippen MR) is 88.9 cm³/mol. The number of H-pyrrole nitrogens is 1. The molecule has 3 aromatic rings. The van der Waals surface area contributed by atoms with Crippen molar-refractivity contribution in [3.05, 3.63) is 65.1 Å². The van der Waals surface area contributed by atoms with Crippen molar-refractivity contribution in [2.24, 2.45) is 0 Å². The summed E-state index contributed by atoms with van der Waals surface area (Å²) < 4.78 is 51.4. The van der Waals surface area contributed by atoms with Crippen LogP contribution in [0.15, 0.2) is 42.6 Å².